The Kier molecular flexibility index (Phi) is 3.72. The summed E-state index contributed by atoms with van der Waals surface area (Å²) in [6.07, 6.45) is 1.38. The molecular weight excluding hydrogens is 194 g/mol. The fourth-order valence-electron chi connectivity index (χ4n) is 0.786. The van der Waals surface area contributed by atoms with E-state index < -0.39 is 0 Å². The van der Waals surface area contributed by atoms with E-state index >= 15 is 0 Å². The maximum absolute atomic E-state index is 11.3. The van der Waals surface area contributed by atoms with E-state index in [9.17, 15) is 4.79 Å². The monoisotopic (exact) mass is 203 g/mol. The number of nitrogens with one attached hydrogen (secondary N) is 2. The molecule has 6 heteroatoms. The van der Waals surface area contributed by atoms with Gasteiger partial charge in [-0.25, -0.2) is 0 Å². The number of carbonyl (C=O) groups is 1. The summed E-state index contributed by atoms with van der Waals surface area (Å²) in [6.45, 7) is 0.919. The zero-order valence-corrected chi connectivity index (χ0v) is 7.89. The van der Waals surface area contributed by atoms with Crippen LogP contribution in [0, 0.1) is 0 Å². The number of carbonyl (C=O) groups excluding carboxylic acids is 1. The van der Waals surface area contributed by atoms with Gasteiger partial charge in [0.2, 0.25) is 0 Å². The SMILES string of the molecule is COCCNC(=O)c1[nH]ncc1Cl. The van der Waals surface area contributed by atoms with Gasteiger partial charge in [0.1, 0.15) is 5.69 Å². The average molecular weight is 204 g/mol. The molecule has 0 radical (unpaired) electrons. The first-order chi connectivity index (χ1) is 6.25. The molecule has 13 heavy (non-hydrogen) atoms. The van der Waals surface area contributed by atoms with Crippen LogP contribution in [-0.2, 0) is 4.74 Å². The Balaban J connectivity index is 2.45. The summed E-state index contributed by atoms with van der Waals surface area (Å²) in [6, 6.07) is 0. The molecule has 0 aromatic carbocycles. The van der Waals surface area contributed by atoms with Crippen molar-refractivity contribution in [1.82, 2.24) is 15.5 Å². The molecule has 0 atom stereocenters. The average Bonchev–Trinajstić information content (AvgIpc) is 2.52. The smallest absolute Gasteiger partial charge is 0.270 e. The number of aromatic nitrogens is 2. The lowest BCUT2D eigenvalue weighted by molar-refractivity contribution is 0.0932. The Morgan fingerprint density at radius 2 is 2.62 bits per heavy atom. The Bertz CT molecular complexity index is 287. The molecule has 5 nitrogen and oxygen atoms in total. The number of rotatable bonds is 4. The molecule has 72 valence electrons. The molecule has 1 amide bonds. The molecule has 0 aliphatic heterocycles. The third kappa shape index (κ3) is 2.71. The molecule has 0 saturated heterocycles. The van der Waals surface area contributed by atoms with Gasteiger partial charge in [0.15, 0.2) is 0 Å². The maximum atomic E-state index is 11.3. The van der Waals surface area contributed by atoms with Crippen LogP contribution in [0.5, 0.6) is 0 Å². The van der Waals surface area contributed by atoms with Gasteiger partial charge in [-0.3, -0.25) is 9.89 Å². The summed E-state index contributed by atoms with van der Waals surface area (Å²) >= 11 is 5.66. The Labute approximate surface area is 80.4 Å². The largest absolute Gasteiger partial charge is 0.383 e. The second-order valence-electron chi connectivity index (χ2n) is 2.34. The highest BCUT2D eigenvalue weighted by molar-refractivity contribution is 6.33. The van der Waals surface area contributed by atoms with Crippen LogP contribution in [0.1, 0.15) is 10.5 Å². The second-order valence-corrected chi connectivity index (χ2v) is 2.75. The highest BCUT2D eigenvalue weighted by Gasteiger charge is 2.10. The topological polar surface area (TPSA) is 67.0 Å². The standard InChI is InChI=1S/C7H10ClN3O2/c1-13-3-2-9-7(12)6-5(8)4-10-11-6/h4H,2-3H2,1H3,(H,9,12)(H,10,11). The van der Waals surface area contributed by atoms with Crippen LogP contribution in [0.2, 0.25) is 5.02 Å². The van der Waals surface area contributed by atoms with Crippen LogP contribution < -0.4 is 5.32 Å². The fourth-order valence-corrected chi connectivity index (χ4v) is 0.963. The first-order valence-corrected chi connectivity index (χ1v) is 4.09. The molecule has 0 bridgehead atoms. The van der Waals surface area contributed by atoms with E-state index in [1.54, 1.807) is 7.11 Å². The van der Waals surface area contributed by atoms with Crippen LogP contribution in [-0.4, -0.2) is 36.4 Å². The van der Waals surface area contributed by atoms with Gasteiger partial charge in [0.25, 0.3) is 5.91 Å². The first-order valence-electron chi connectivity index (χ1n) is 3.71. The van der Waals surface area contributed by atoms with Gasteiger partial charge in [-0.1, -0.05) is 11.6 Å². The van der Waals surface area contributed by atoms with E-state index in [1.807, 2.05) is 0 Å². The zero-order chi connectivity index (χ0) is 9.68. The number of hydrogen-bond donors (Lipinski definition) is 2. The highest BCUT2D eigenvalue weighted by atomic mass is 35.5. The van der Waals surface area contributed by atoms with Crippen molar-refractivity contribution in [2.45, 2.75) is 0 Å². The number of ether oxygens (including phenoxy) is 1. The van der Waals surface area contributed by atoms with Crippen LogP contribution in [0.15, 0.2) is 6.20 Å². The van der Waals surface area contributed by atoms with E-state index in [-0.39, 0.29) is 11.6 Å². The molecular formula is C7H10ClN3O2. The molecule has 1 heterocycles. The van der Waals surface area contributed by atoms with E-state index in [2.05, 4.69) is 15.5 Å². The Hall–Kier alpha value is -1.07. The third-order valence-electron chi connectivity index (χ3n) is 1.41. The number of amides is 1. The van der Waals surface area contributed by atoms with Crippen LogP contribution in [0.25, 0.3) is 0 Å². The number of halogens is 1. The van der Waals surface area contributed by atoms with E-state index in [4.69, 9.17) is 16.3 Å². The van der Waals surface area contributed by atoms with Gasteiger partial charge >= 0.3 is 0 Å². The highest BCUT2D eigenvalue weighted by Crippen LogP contribution is 2.10. The van der Waals surface area contributed by atoms with Crippen LogP contribution in [0.3, 0.4) is 0 Å². The third-order valence-corrected chi connectivity index (χ3v) is 1.70. The second kappa shape index (κ2) is 4.84. The number of nitrogens with zero attached hydrogens (tertiary/aromatic N) is 1. The number of hydrogen-bond acceptors (Lipinski definition) is 3. The minimum Gasteiger partial charge on any atom is -0.383 e. The van der Waals surface area contributed by atoms with Gasteiger partial charge < -0.3 is 10.1 Å². The summed E-state index contributed by atoms with van der Waals surface area (Å²) in [4.78, 5) is 11.3. The Morgan fingerprint density at radius 1 is 1.85 bits per heavy atom. The van der Waals surface area contributed by atoms with Crippen molar-refractivity contribution in [3.8, 4) is 0 Å². The normalized spacial score (nSPS) is 10.0. The summed E-state index contributed by atoms with van der Waals surface area (Å²) in [7, 11) is 1.56. The summed E-state index contributed by atoms with van der Waals surface area (Å²) in [5.74, 6) is -0.278. The fraction of sp³-hybridized carbons (Fsp3) is 0.429. The molecule has 0 spiro atoms. The zero-order valence-electron chi connectivity index (χ0n) is 7.13. The molecule has 0 aliphatic rings. The predicted octanol–water partition coefficient (Wildman–Crippen LogP) is 0.439. The van der Waals surface area contributed by atoms with Gasteiger partial charge in [-0.2, -0.15) is 5.10 Å². The van der Waals surface area contributed by atoms with Crippen LogP contribution >= 0.6 is 11.6 Å². The minimum absolute atomic E-state index is 0.276. The lowest BCUT2D eigenvalue weighted by Gasteiger charge is -2.01. The molecule has 0 aliphatic carbocycles. The van der Waals surface area contributed by atoms with Crippen molar-refractivity contribution in [3.05, 3.63) is 16.9 Å². The van der Waals surface area contributed by atoms with Crippen molar-refractivity contribution in [1.29, 1.82) is 0 Å². The minimum atomic E-state index is -0.278. The lowest BCUT2D eigenvalue weighted by atomic mass is 10.4. The van der Waals surface area contributed by atoms with Crippen molar-refractivity contribution >= 4 is 17.5 Å². The van der Waals surface area contributed by atoms with E-state index in [0.29, 0.717) is 18.2 Å². The van der Waals surface area contributed by atoms with Gasteiger partial charge in [-0.05, 0) is 0 Å². The van der Waals surface area contributed by atoms with Crippen molar-refractivity contribution in [3.63, 3.8) is 0 Å². The summed E-state index contributed by atoms with van der Waals surface area (Å²) in [5, 5.41) is 9.04. The van der Waals surface area contributed by atoms with Gasteiger partial charge in [0, 0.05) is 13.7 Å². The summed E-state index contributed by atoms with van der Waals surface area (Å²) in [5.41, 5.74) is 0.276. The molecule has 1 rings (SSSR count). The quantitative estimate of drug-likeness (QED) is 0.698. The van der Waals surface area contributed by atoms with Crippen LogP contribution in [0.4, 0.5) is 0 Å². The molecule has 0 unspecified atom stereocenters. The maximum Gasteiger partial charge on any atom is 0.270 e. The first kappa shape index (κ1) is 10.0. The van der Waals surface area contributed by atoms with Gasteiger partial charge in [0.05, 0.1) is 17.8 Å². The lowest BCUT2D eigenvalue weighted by Crippen LogP contribution is -2.27. The molecule has 2 N–H and O–H groups in total. The Morgan fingerprint density at radius 3 is 3.15 bits per heavy atom. The number of H-pyrrole nitrogens is 1. The number of methoxy groups -OCH3 is 1. The molecule has 1 aromatic rings. The summed E-state index contributed by atoms with van der Waals surface area (Å²) < 4.78 is 4.77. The van der Waals surface area contributed by atoms with Crippen molar-refractivity contribution in [2.24, 2.45) is 0 Å². The van der Waals surface area contributed by atoms with Crippen molar-refractivity contribution < 1.29 is 9.53 Å². The van der Waals surface area contributed by atoms with E-state index in [1.165, 1.54) is 6.20 Å². The number of aromatic amines is 1. The predicted molar refractivity (Wildman–Crippen MR) is 47.8 cm³/mol. The van der Waals surface area contributed by atoms with Gasteiger partial charge in [-0.15, -0.1) is 0 Å². The van der Waals surface area contributed by atoms with E-state index in [0.717, 1.165) is 0 Å². The molecule has 1 aromatic heterocycles. The molecule has 0 saturated carbocycles. The van der Waals surface area contributed by atoms with Crippen molar-refractivity contribution in [2.75, 3.05) is 20.3 Å². The molecule has 0 fully saturated rings.